The van der Waals surface area contributed by atoms with Crippen LogP contribution in [0.4, 0.5) is 5.69 Å². The predicted molar refractivity (Wildman–Crippen MR) is 96.8 cm³/mol. The van der Waals surface area contributed by atoms with Crippen molar-refractivity contribution in [1.82, 2.24) is 19.8 Å². The van der Waals surface area contributed by atoms with Gasteiger partial charge < -0.3 is 5.73 Å². The van der Waals surface area contributed by atoms with Crippen LogP contribution >= 0.6 is 11.3 Å². The molecule has 0 unspecified atom stereocenters. The topological polar surface area (TPSA) is 141 Å². The number of hydrogen-bond donors (Lipinski definition) is 3. The van der Waals surface area contributed by atoms with Gasteiger partial charge in [-0.05, 0) is 18.6 Å². The van der Waals surface area contributed by atoms with Crippen LogP contribution in [0.1, 0.15) is 18.3 Å². The summed E-state index contributed by atoms with van der Waals surface area (Å²) >= 11 is 1.45. The second kappa shape index (κ2) is 6.66. The van der Waals surface area contributed by atoms with E-state index in [-0.39, 0.29) is 11.5 Å². The van der Waals surface area contributed by atoms with Crippen molar-refractivity contribution >= 4 is 33.5 Å². The highest BCUT2D eigenvalue weighted by molar-refractivity contribution is 7.19. The lowest BCUT2D eigenvalue weighted by Crippen LogP contribution is -2.21. The highest BCUT2D eigenvalue weighted by Crippen LogP contribution is 2.31. The zero-order chi connectivity index (χ0) is 18.0. The third-order valence-corrected chi connectivity index (χ3v) is 4.52. The quantitative estimate of drug-likeness (QED) is 0.364. The molecule has 0 fully saturated rings. The fourth-order valence-corrected chi connectivity index (χ4v) is 3.18. The van der Waals surface area contributed by atoms with Crippen molar-refractivity contribution in [3.05, 3.63) is 29.6 Å². The van der Waals surface area contributed by atoms with Crippen molar-refractivity contribution in [3.8, 4) is 16.6 Å². The Morgan fingerprint density at radius 2 is 2.28 bits per heavy atom. The van der Waals surface area contributed by atoms with Crippen LogP contribution in [0.15, 0.2) is 23.3 Å². The first-order chi connectivity index (χ1) is 12.0. The number of aryl methyl sites for hydroxylation is 1. The number of hydrazone groups is 1. The van der Waals surface area contributed by atoms with Crippen LogP contribution < -0.4 is 11.2 Å². The van der Waals surface area contributed by atoms with Crippen molar-refractivity contribution in [3.63, 3.8) is 0 Å². The minimum absolute atomic E-state index is 0.170. The molecule has 2 aromatic heterocycles. The fraction of sp³-hybridized carbons (Fsp3) is 0.200. The Bertz CT molecular complexity index is 1020. The Hall–Kier alpha value is -3.32. The molecule has 1 aromatic carbocycles. The first-order valence-corrected chi connectivity index (χ1v) is 8.26. The van der Waals surface area contributed by atoms with E-state index in [0.29, 0.717) is 5.69 Å². The normalized spacial score (nSPS) is 11.5. The van der Waals surface area contributed by atoms with Crippen molar-refractivity contribution in [2.24, 2.45) is 10.8 Å². The summed E-state index contributed by atoms with van der Waals surface area (Å²) in [5, 5.41) is 33.7. The molecule has 10 heteroatoms. The molecule has 0 aliphatic carbocycles. The SMILES string of the molecule is CCc1nnc2sc(-c3cccc(N/N=C(\C#N)C(=N)N)c3C)nn12. The molecule has 0 aliphatic rings. The lowest BCUT2D eigenvalue weighted by molar-refractivity contribution is 0.837. The summed E-state index contributed by atoms with van der Waals surface area (Å²) in [7, 11) is 0. The Morgan fingerprint density at radius 3 is 2.96 bits per heavy atom. The number of rotatable bonds is 5. The van der Waals surface area contributed by atoms with Gasteiger partial charge in [-0.15, -0.1) is 10.2 Å². The molecule has 0 saturated heterocycles. The highest BCUT2D eigenvalue weighted by atomic mass is 32.1. The monoisotopic (exact) mass is 353 g/mol. The van der Waals surface area contributed by atoms with Gasteiger partial charge in [0.15, 0.2) is 11.7 Å². The molecule has 0 radical (unpaired) electrons. The molecular weight excluding hydrogens is 338 g/mol. The molecule has 0 bridgehead atoms. The molecule has 0 spiro atoms. The Balaban J connectivity index is 1.99. The van der Waals surface area contributed by atoms with Gasteiger partial charge in [-0.1, -0.05) is 30.4 Å². The molecule has 2 heterocycles. The van der Waals surface area contributed by atoms with Gasteiger partial charge in [-0.25, -0.2) is 0 Å². The van der Waals surface area contributed by atoms with Gasteiger partial charge >= 0.3 is 0 Å². The van der Waals surface area contributed by atoms with Crippen LogP contribution in [0.5, 0.6) is 0 Å². The number of aromatic nitrogens is 4. The molecule has 0 atom stereocenters. The van der Waals surface area contributed by atoms with Crippen LogP contribution in [-0.2, 0) is 6.42 Å². The maximum absolute atomic E-state index is 8.92. The molecule has 0 saturated carbocycles. The third-order valence-electron chi connectivity index (χ3n) is 3.59. The summed E-state index contributed by atoms with van der Waals surface area (Å²) in [6.45, 7) is 3.93. The largest absolute Gasteiger partial charge is 0.382 e. The van der Waals surface area contributed by atoms with Gasteiger partial charge in [-0.3, -0.25) is 10.8 Å². The summed E-state index contributed by atoms with van der Waals surface area (Å²) in [5.74, 6) is 0.429. The summed E-state index contributed by atoms with van der Waals surface area (Å²) in [6, 6.07) is 7.42. The van der Waals surface area contributed by atoms with Gasteiger partial charge in [0.1, 0.15) is 11.1 Å². The molecule has 0 amide bonds. The number of nitrogens with two attached hydrogens (primary N) is 1. The van der Waals surface area contributed by atoms with Crippen molar-refractivity contribution in [2.75, 3.05) is 5.43 Å². The first kappa shape index (κ1) is 16.5. The van der Waals surface area contributed by atoms with Crippen LogP contribution in [0.2, 0.25) is 0 Å². The van der Waals surface area contributed by atoms with E-state index >= 15 is 0 Å². The van der Waals surface area contributed by atoms with Crippen LogP contribution in [0.25, 0.3) is 15.5 Å². The number of amidine groups is 1. The maximum Gasteiger partial charge on any atom is 0.234 e. The second-order valence-corrected chi connectivity index (χ2v) is 6.10. The maximum atomic E-state index is 8.92. The van der Waals surface area contributed by atoms with E-state index in [0.717, 1.165) is 33.3 Å². The summed E-state index contributed by atoms with van der Waals surface area (Å²) in [4.78, 5) is 0.742. The summed E-state index contributed by atoms with van der Waals surface area (Å²) in [6.07, 6.45) is 0.752. The summed E-state index contributed by atoms with van der Waals surface area (Å²) < 4.78 is 1.75. The molecule has 9 nitrogen and oxygen atoms in total. The lowest BCUT2D eigenvalue weighted by atomic mass is 10.1. The molecule has 3 rings (SSSR count). The Kier molecular flexibility index (Phi) is 4.40. The third kappa shape index (κ3) is 3.05. The smallest absolute Gasteiger partial charge is 0.234 e. The van der Waals surface area contributed by atoms with Crippen LogP contribution in [0, 0.1) is 23.7 Å². The van der Waals surface area contributed by atoms with Crippen molar-refractivity contribution < 1.29 is 0 Å². The Morgan fingerprint density at radius 1 is 1.48 bits per heavy atom. The molecular formula is C15H15N9S. The van der Waals surface area contributed by atoms with Gasteiger partial charge in [0.2, 0.25) is 10.7 Å². The molecule has 3 aromatic rings. The average molecular weight is 353 g/mol. The van der Waals surface area contributed by atoms with E-state index in [1.807, 2.05) is 32.0 Å². The number of benzene rings is 1. The zero-order valence-electron chi connectivity index (χ0n) is 13.6. The fourth-order valence-electron chi connectivity index (χ4n) is 2.24. The molecule has 4 N–H and O–H groups in total. The van der Waals surface area contributed by atoms with E-state index in [1.54, 1.807) is 10.6 Å². The average Bonchev–Trinajstić information content (AvgIpc) is 3.16. The van der Waals surface area contributed by atoms with E-state index in [9.17, 15) is 0 Å². The minimum atomic E-state index is -0.385. The van der Waals surface area contributed by atoms with Crippen LogP contribution in [-0.4, -0.2) is 31.4 Å². The number of nitrogens with one attached hydrogen (secondary N) is 2. The number of hydrogen-bond acceptors (Lipinski definition) is 8. The first-order valence-electron chi connectivity index (χ1n) is 7.44. The van der Waals surface area contributed by atoms with Gasteiger partial charge in [-0.2, -0.15) is 20.0 Å². The van der Waals surface area contributed by atoms with Gasteiger partial charge in [0, 0.05) is 12.0 Å². The van der Waals surface area contributed by atoms with Crippen LogP contribution in [0.3, 0.4) is 0 Å². The Labute approximate surface area is 147 Å². The second-order valence-electron chi connectivity index (χ2n) is 5.15. The predicted octanol–water partition coefficient (Wildman–Crippen LogP) is 1.95. The molecule has 126 valence electrons. The van der Waals surface area contributed by atoms with Crippen molar-refractivity contribution in [2.45, 2.75) is 20.3 Å². The summed E-state index contributed by atoms with van der Waals surface area (Å²) in [5.41, 5.74) is 10.5. The van der Waals surface area contributed by atoms with E-state index < -0.39 is 0 Å². The minimum Gasteiger partial charge on any atom is -0.382 e. The number of fused-ring (bicyclic) bond motifs is 1. The standard InChI is InChI=1S/C15H15N9S/c1-3-12-21-22-15-24(12)23-14(25-15)9-5-4-6-10(8(9)2)19-20-11(7-16)13(17)18/h4-6,19H,3H2,1-2H3,(H3,17,18)/b20-11+. The molecule has 0 aliphatic heterocycles. The number of nitriles is 1. The highest BCUT2D eigenvalue weighted by Gasteiger charge is 2.14. The lowest BCUT2D eigenvalue weighted by Gasteiger charge is -2.08. The molecule has 25 heavy (non-hydrogen) atoms. The van der Waals surface area contributed by atoms with Gasteiger partial charge in [0.25, 0.3) is 0 Å². The number of anilines is 1. The van der Waals surface area contributed by atoms with E-state index in [4.69, 9.17) is 16.4 Å². The van der Waals surface area contributed by atoms with E-state index in [1.165, 1.54) is 11.3 Å². The number of nitrogens with zero attached hydrogens (tertiary/aromatic N) is 6. The van der Waals surface area contributed by atoms with Crippen molar-refractivity contribution in [1.29, 1.82) is 10.7 Å². The van der Waals surface area contributed by atoms with E-state index in [2.05, 4.69) is 25.8 Å². The van der Waals surface area contributed by atoms with Gasteiger partial charge in [0.05, 0.1) is 5.69 Å². The zero-order valence-corrected chi connectivity index (χ0v) is 14.4.